The fourth-order valence-electron chi connectivity index (χ4n) is 1.44. The van der Waals surface area contributed by atoms with E-state index in [0.717, 1.165) is 5.69 Å². The summed E-state index contributed by atoms with van der Waals surface area (Å²) in [7, 11) is 0. The zero-order valence-corrected chi connectivity index (χ0v) is 11.6. The fraction of sp³-hybridized carbons (Fsp3) is 0.182. The van der Waals surface area contributed by atoms with Crippen LogP contribution in [0.2, 0.25) is 0 Å². The molecule has 0 spiro atoms. The first kappa shape index (κ1) is 13.3. The maximum absolute atomic E-state index is 10.6. The molecule has 0 aliphatic carbocycles. The summed E-state index contributed by atoms with van der Waals surface area (Å²) in [6, 6.07) is 3.19. The minimum atomic E-state index is -0.491. The van der Waals surface area contributed by atoms with E-state index in [1.807, 2.05) is 6.92 Å². The van der Waals surface area contributed by atoms with Gasteiger partial charge in [-0.1, -0.05) is 0 Å². The summed E-state index contributed by atoms with van der Waals surface area (Å²) in [4.78, 5) is 22.3. The summed E-state index contributed by atoms with van der Waals surface area (Å²) in [6.07, 6.45) is 2.88. The quantitative estimate of drug-likeness (QED) is 0.686. The number of hydrogen-bond acceptors (Lipinski definition) is 6. The molecule has 0 atom stereocenters. The van der Waals surface area contributed by atoms with Crippen LogP contribution in [0.15, 0.2) is 29.0 Å². The summed E-state index contributed by atoms with van der Waals surface area (Å²) in [6.45, 7) is 2.27. The maximum Gasteiger partial charge on any atom is 0.288 e. The Morgan fingerprint density at radius 1 is 1.47 bits per heavy atom. The van der Waals surface area contributed by atoms with Crippen molar-refractivity contribution in [2.45, 2.75) is 13.5 Å². The van der Waals surface area contributed by atoms with E-state index in [1.54, 1.807) is 12.3 Å². The van der Waals surface area contributed by atoms with Crippen LogP contribution < -0.4 is 5.32 Å². The number of anilines is 1. The summed E-state index contributed by atoms with van der Waals surface area (Å²) < 4.78 is 0.535. The topological polar surface area (TPSA) is 93.8 Å². The van der Waals surface area contributed by atoms with Crippen LogP contribution in [0.4, 0.5) is 11.5 Å². The van der Waals surface area contributed by atoms with Crippen LogP contribution in [0.5, 0.6) is 0 Å². The van der Waals surface area contributed by atoms with Gasteiger partial charge >= 0.3 is 0 Å². The van der Waals surface area contributed by atoms with Crippen molar-refractivity contribution in [2.75, 3.05) is 5.32 Å². The Bertz CT molecular complexity index is 620. The van der Waals surface area contributed by atoms with Gasteiger partial charge in [0, 0.05) is 12.3 Å². The highest BCUT2D eigenvalue weighted by molar-refractivity contribution is 9.10. The number of aromatic nitrogens is 3. The van der Waals surface area contributed by atoms with Crippen molar-refractivity contribution in [1.82, 2.24) is 15.0 Å². The molecule has 1 N–H and O–H groups in total. The molecule has 0 saturated carbocycles. The number of aryl methyl sites for hydroxylation is 1. The molecule has 8 heteroatoms. The van der Waals surface area contributed by atoms with Gasteiger partial charge in [-0.2, -0.15) is 0 Å². The van der Waals surface area contributed by atoms with Gasteiger partial charge in [0.2, 0.25) is 0 Å². The van der Waals surface area contributed by atoms with Crippen LogP contribution >= 0.6 is 15.9 Å². The summed E-state index contributed by atoms with van der Waals surface area (Å²) in [5.74, 6) is 1.22. The predicted octanol–water partition coefficient (Wildman–Crippen LogP) is 2.46. The minimum absolute atomic E-state index is 0.0599. The zero-order valence-electron chi connectivity index (χ0n) is 10.00. The molecule has 0 fully saturated rings. The van der Waals surface area contributed by atoms with Gasteiger partial charge in [-0.05, 0) is 28.9 Å². The van der Waals surface area contributed by atoms with Crippen molar-refractivity contribution in [1.29, 1.82) is 0 Å². The lowest BCUT2D eigenvalue weighted by Crippen LogP contribution is -2.05. The molecule has 0 amide bonds. The number of pyridine rings is 1. The molecule has 2 aromatic rings. The van der Waals surface area contributed by atoms with E-state index in [0.29, 0.717) is 22.7 Å². The van der Waals surface area contributed by atoms with Gasteiger partial charge in [0.25, 0.3) is 5.69 Å². The molecule has 2 aromatic heterocycles. The largest absolute Gasteiger partial charge is 0.363 e. The molecule has 0 saturated heterocycles. The first-order valence-corrected chi connectivity index (χ1v) is 6.18. The second-order valence-electron chi connectivity index (χ2n) is 3.73. The lowest BCUT2D eigenvalue weighted by Gasteiger charge is -2.07. The van der Waals surface area contributed by atoms with Crippen molar-refractivity contribution < 1.29 is 4.92 Å². The number of rotatable bonds is 4. The second kappa shape index (κ2) is 5.70. The van der Waals surface area contributed by atoms with E-state index in [1.165, 1.54) is 12.3 Å². The molecule has 0 aliphatic rings. The molecule has 7 nitrogen and oxygen atoms in total. The molecule has 2 heterocycles. The lowest BCUT2D eigenvalue weighted by molar-refractivity contribution is -0.385. The van der Waals surface area contributed by atoms with E-state index in [-0.39, 0.29) is 5.69 Å². The maximum atomic E-state index is 10.6. The van der Waals surface area contributed by atoms with Crippen LogP contribution in [0.25, 0.3) is 0 Å². The minimum Gasteiger partial charge on any atom is -0.363 e. The fourth-order valence-corrected chi connectivity index (χ4v) is 1.91. The second-order valence-corrected chi connectivity index (χ2v) is 4.58. The normalized spacial score (nSPS) is 10.2. The van der Waals surface area contributed by atoms with Gasteiger partial charge in [0.1, 0.15) is 17.8 Å². The first-order chi connectivity index (χ1) is 9.06. The molecule has 0 bridgehead atoms. The average Bonchev–Trinajstić information content (AvgIpc) is 2.37. The van der Waals surface area contributed by atoms with Gasteiger partial charge in [-0.3, -0.25) is 10.1 Å². The Kier molecular flexibility index (Phi) is 4.00. The van der Waals surface area contributed by atoms with Crippen molar-refractivity contribution in [3.8, 4) is 0 Å². The molecule has 19 heavy (non-hydrogen) atoms. The van der Waals surface area contributed by atoms with E-state index in [4.69, 9.17) is 0 Å². The lowest BCUT2D eigenvalue weighted by atomic mass is 10.3. The van der Waals surface area contributed by atoms with E-state index < -0.39 is 4.92 Å². The Morgan fingerprint density at radius 3 is 2.89 bits per heavy atom. The molecule has 0 aliphatic heterocycles. The smallest absolute Gasteiger partial charge is 0.288 e. The number of nitrogens with one attached hydrogen (secondary N) is 1. The molecular weight excluding hydrogens is 314 g/mol. The molecule has 2 rings (SSSR count). The van der Waals surface area contributed by atoms with Gasteiger partial charge in [-0.15, -0.1) is 0 Å². The van der Waals surface area contributed by atoms with Crippen LogP contribution in [0.1, 0.15) is 11.5 Å². The summed E-state index contributed by atoms with van der Waals surface area (Å²) in [5.41, 5.74) is 0.759. The van der Waals surface area contributed by atoms with Crippen molar-refractivity contribution in [3.63, 3.8) is 0 Å². The van der Waals surface area contributed by atoms with Gasteiger partial charge in [0.05, 0.1) is 21.6 Å². The third-order valence-electron chi connectivity index (χ3n) is 2.31. The Labute approximate surface area is 117 Å². The van der Waals surface area contributed by atoms with Crippen LogP contribution in [0, 0.1) is 17.0 Å². The molecular formula is C11H10BrN5O2. The highest BCUT2D eigenvalue weighted by Gasteiger charge is 2.10. The number of halogens is 1. The molecule has 98 valence electrons. The average molecular weight is 324 g/mol. The number of nitro groups is 1. The van der Waals surface area contributed by atoms with Crippen molar-refractivity contribution in [3.05, 3.63) is 50.6 Å². The summed E-state index contributed by atoms with van der Waals surface area (Å²) in [5, 5.41) is 13.6. The third kappa shape index (κ3) is 3.44. The standard InChI is InChI=1S/C11H10BrN5O2/c1-7-13-3-2-8(16-7)5-14-11-10(12)4-9(6-15-11)17(18)19/h2-4,6H,5H2,1H3,(H,14,15). The van der Waals surface area contributed by atoms with E-state index in [2.05, 4.69) is 36.2 Å². The molecule has 0 aromatic carbocycles. The van der Waals surface area contributed by atoms with Crippen molar-refractivity contribution in [2.24, 2.45) is 0 Å². The number of hydrogen-bond donors (Lipinski definition) is 1. The highest BCUT2D eigenvalue weighted by atomic mass is 79.9. The SMILES string of the molecule is Cc1nccc(CNc2ncc([N+](=O)[O-])cc2Br)n1. The Hall–Kier alpha value is -2.09. The van der Waals surface area contributed by atoms with Crippen LogP contribution in [-0.2, 0) is 6.54 Å². The van der Waals surface area contributed by atoms with Crippen LogP contribution in [0.3, 0.4) is 0 Å². The van der Waals surface area contributed by atoms with Gasteiger partial charge in [0.15, 0.2) is 0 Å². The van der Waals surface area contributed by atoms with Gasteiger partial charge in [-0.25, -0.2) is 15.0 Å². The highest BCUT2D eigenvalue weighted by Crippen LogP contribution is 2.24. The summed E-state index contributed by atoms with van der Waals surface area (Å²) >= 11 is 3.24. The zero-order chi connectivity index (χ0) is 13.8. The Balaban J connectivity index is 2.10. The monoisotopic (exact) mass is 323 g/mol. The van der Waals surface area contributed by atoms with Crippen molar-refractivity contribution >= 4 is 27.4 Å². The molecule has 0 radical (unpaired) electrons. The van der Waals surface area contributed by atoms with E-state index >= 15 is 0 Å². The first-order valence-electron chi connectivity index (χ1n) is 5.38. The van der Waals surface area contributed by atoms with Crippen LogP contribution in [-0.4, -0.2) is 19.9 Å². The van der Waals surface area contributed by atoms with Gasteiger partial charge < -0.3 is 5.32 Å². The predicted molar refractivity (Wildman–Crippen MR) is 72.7 cm³/mol. The number of nitrogens with zero attached hydrogens (tertiary/aromatic N) is 4. The van der Waals surface area contributed by atoms with E-state index in [9.17, 15) is 10.1 Å². The third-order valence-corrected chi connectivity index (χ3v) is 2.91. The Morgan fingerprint density at radius 2 is 2.26 bits per heavy atom. The molecule has 0 unspecified atom stereocenters.